The van der Waals surface area contributed by atoms with Crippen molar-refractivity contribution in [2.24, 2.45) is 11.8 Å². The topological polar surface area (TPSA) is 41.1 Å². The van der Waals surface area contributed by atoms with Crippen molar-refractivity contribution in [1.82, 2.24) is 10.6 Å². The molecule has 0 bridgehead atoms. The minimum Gasteiger partial charge on any atom is -0.356 e. The molecule has 0 aliphatic heterocycles. The molecule has 2 unspecified atom stereocenters. The Hall–Kier alpha value is -0.570. The van der Waals surface area contributed by atoms with Crippen molar-refractivity contribution in [2.45, 2.75) is 58.9 Å². The van der Waals surface area contributed by atoms with Crippen LogP contribution in [0.1, 0.15) is 52.9 Å². The van der Waals surface area contributed by atoms with Gasteiger partial charge >= 0.3 is 0 Å². The Morgan fingerprint density at radius 2 is 2.12 bits per heavy atom. The van der Waals surface area contributed by atoms with Crippen LogP contribution in [-0.4, -0.2) is 25.0 Å². The first-order chi connectivity index (χ1) is 8.08. The average Bonchev–Trinajstić information content (AvgIpc) is 2.26. The molecule has 1 aliphatic carbocycles. The van der Waals surface area contributed by atoms with Gasteiger partial charge in [0.05, 0.1) is 0 Å². The fourth-order valence-electron chi connectivity index (χ4n) is 2.42. The van der Waals surface area contributed by atoms with Gasteiger partial charge in [-0.15, -0.1) is 0 Å². The Morgan fingerprint density at radius 3 is 2.76 bits per heavy atom. The van der Waals surface area contributed by atoms with E-state index in [-0.39, 0.29) is 5.91 Å². The Kier molecular flexibility index (Phi) is 6.56. The average molecular weight is 240 g/mol. The molecule has 3 heteroatoms. The number of hydrogen-bond acceptors (Lipinski definition) is 2. The summed E-state index contributed by atoms with van der Waals surface area (Å²) in [6.07, 6.45) is 5.86. The smallest absolute Gasteiger partial charge is 0.221 e. The molecule has 1 rings (SSSR count). The predicted octanol–water partition coefficient (Wildman–Crippen LogP) is 2.32. The van der Waals surface area contributed by atoms with Crippen LogP contribution in [-0.2, 0) is 4.79 Å². The first-order valence-corrected chi connectivity index (χ1v) is 7.08. The van der Waals surface area contributed by atoms with Crippen molar-refractivity contribution in [3.63, 3.8) is 0 Å². The van der Waals surface area contributed by atoms with E-state index in [2.05, 4.69) is 31.4 Å². The summed E-state index contributed by atoms with van der Waals surface area (Å²) in [7, 11) is 0. The molecule has 2 N–H and O–H groups in total. The molecule has 0 heterocycles. The van der Waals surface area contributed by atoms with Crippen molar-refractivity contribution in [2.75, 3.05) is 13.1 Å². The minimum absolute atomic E-state index is 0.176. The first kappa shape index (κ1) is 14.5. The summed E-state index contributed by atoms with van der Waals surface area (Å²) in [6, 6.07) is 0.636. The summed E-state index contributed by atoms with van der Waals surface area (Å²) < 4.78 is 0. The molecule has 100 valence electrons. The quantitative estimate of drug-likeness (QED) is 0.748. The molecule has 1 aliphatic rings. The zero-order valence-electron chi connectivity index (χ0n) is 11.6. The summed E-state index contributed by atoms with van der Waals surface area (Å²) >= 11 is 0. The molecular formula is C14H28N2O. The van der Waals surface area contributed by atoms with Crippen LogP contribution in [0.2, 0.25) is 0 Å². The Morgan fingerprint density at radius 1 is 1.35 bits per heavy atom. The van der Waals surface area contributed by atoms with Gasteiger partial charge in [0.15, 0.2) is 0 Å². The molecule has 0 aromatic heterocycles. The highest BCUT2D eigenvalue weighted by Crippen LogP contribution is 2.23. The molecule has 0 radical (unpaired) electrons. The number of carbonyl (C=O) groups excluding carboxylic acids is 1. The molecule has 1 fully saturated rings. The molecule has 1 amide bonds. The van der Waals surface area contributed by atoms with Gasteiger partial charge in [0, 0.05) is 25.6 Å². The molecule has 17 heavy (non-hydrogen) atoms. The van der Waals surface area contributed by atoms with Crippen LogP contribution in [0.25, 0.3) is 0 Å². The van der Waals surface area contributed by atoms with E-state index in [4.69, 9.17) is 0 Å². The third kappa shape index (κ3) is 6.67. The fraction of sp³-hybridized carbons (Fsp3) is 0.929. The maximum absolute atomic E-state index is 11.5. The van der Waals surface area contributed by atoms with Crippen LogP contribution in [0, 0.1) is 11.8 Å². The van der Waals surface area contributed by atoms with E-state index in [1.54, 1.807) is 0 Å². The van der Waals surface area contributed by atoms with Gasteiger partial charge in [-0.1, -0.05) is 33.6 Å². The summed E-state index contributed by atoms with van der Waals surface area (Å²) in [5.41, 5.74) is 0. The normalized spacial score (nSPS) is 24.9. The number of nitrogens with one attached hydrogen (secondary N) is 2. The zero-order chi connectivity index (χ0) is 12.7. The second-order valence-corrected chi connectivity index (χ2v) is 5.87. The summed E-state index contributed by atoms with van der Waals surface area (Å²) in [5, 5.41) is 6.46. The number of carbonyl (C=O) groups is 1. The van der Waals surface area contributed by atoms with E-state index in [0.29, 0.717) is 18.4 Å². The van der Waals surface area contributed by atoms with Gasteiger partial charge in [-0.25, -0.2) is 0 Å². The van der Waals surface area contributed by atoms with Crippen molar-refractivity contribution in [3.05, 3.63) is 0 Å². The fourth-order valence-corrected chi connectivity index (χ4v) is 2.42. The van der Waals surface area contributed by atoms with Gasteiger partial charge in [-0.05, 0) is 24.7 Å². The lowest BCUT2D eigenvalue weighted by Gasteiger charge is -2.27. The number of amides is 1. The molecule has 0 saturated heterocycles. The van der Waals surface area contributed by atoms with Gasteiger partial charge in [-0.3, -0.25) is 4.79 Å². The van der Waals surface area contributed by atoms with Gasteiger partial charge in [0.2, 0.25) is 5.91 Å². The lowest BCUT2D eigenvalue weighted by atomic mass is 9.87. The van der Waals surface area contributed by atoms with Crippen LogP contribution >= 0.6 is 0 Å². The maximum atomic E-state index is 11.5. The van der Waals surface area contributed by atoms with Crippen LogP contribution in [0.15, 0.2) is 0 Å². The van der Waals surface area contributed by atoms with Gasteiger partial charge in [-0.2, -0.15) is 0 Å². The molecule has 1 saturated carbocycles. The highest BCUT2D eigenvalue weighted by Gasteiger charge is 2.18. The lowest BCUT2D eigenvalue weighted by molar-refractivity contribution is -0.121. The maximum Gasteiger partial charge on any atom is 0.221 e. The van der Waals surface area contributed by atoms with Gasteiger partial charge < -0.3 is 10.6 Å². The summed E-state index contributed by atoms with van der Waals surface area (Å²) in [6.45, 7) is 8.16. The van der Waals surface area contributed by atoms with E-state index in [1.165, 1.54) is 25.7 Å². The number of rotatable bonds is 6. The minimum atomic E-state index is 0.176. The Bertz CT molecular complexity index is 228. The van der Waals surface area contributed by atoms with Crippen molar-refractivity contribution < 1.29 is 4.79 Å². The zero-order valence-corrected chi connectivity index (χ0v) is 11.6. The molecule has 0 spiro atoms. The van der Waals surface area contributed by atoms with E-state index in [0.717, 1.165) is 19.0 Å². The SMILES string of the molecule is CC(C)CNC(=O)CCNC1CCCC(C)C1. The molecule has 3 nitrogen and oxygen atoms in total. The predicted molar refractivity (Wildman–Crippen MR) is 71.9 cm³/mol. The van der Waals surface area contributed by atoms with Crippen LogP contribution in [0.4, 0.5) is 0 Å². The highest BCUT2D eigenvalue weighted by atomic mass is 16.1. The van der Waals surface area contributed by atoms with Crippen LogP contribution in [0.3, 0.4) is 0 Å². The number of hydrogen-bond donors (Lipinski definition) is 2. The standard InChI is InChI=1S/C14H28N2O/c1-11(2)10-16-14(17)7-8-15-13-6-4-5-12(3)9-13/h11-13,15H,4-10H2,1-3H3,(H,16,17). The molecular weight excluding hydrogens is 212 g/mol. The third-order valence-electron chi connectivity index (χ3n) is 3.43. The van der Waals surface area contributed by atoms with E-state index >= 15 is 0 Å². The molecule has 2 atom stereocenters. The van der Waals surface area contributed by atoms with E-state index in [9.17, 15) is 4.79 Å². The lowest BCUT2D eigenvalue weighted by Crippen LogP contribution is -2.37. The molecule has 0 aromatic rings. The van der Waals surface area contributed by atoms with Crippen molar-refractivity contribution in [3.8, 4) is 0 Å². The first-order valence-electron chi connectivity index (χ1n) is 7.08. The molecule has 0 aromatic carbocycles. The Labute approximate surface area is 106 Å². The van der Waals surface area contributed by atoms with Gasteiger partial charge in [0.1, 0.15) is 0 Å². The van der Waals surface area contributed by atoms with E-state index in [1.807, 2.05) is 0 Å². The summed E-state index contributed by atoms with van der Waals surface area (Å²) in [5.74, 6) is 1.55. The highest BCUT2D eigenvalue weighted by molar-refractivity contribution is 5.76. The largest absolute Gasteiger partial charge is 0.356 e. The van der Waals surface area contributed by atoms with E-state index < -0.39 is 0 Å². The van der Waals surface area contributed by atoms with Gasteiger partial charge in [0.25, 0.3) is 0 Å². The second kappa shape index (κ2) is 7.70. The van der Waals surface area contributed by atoms with Crippen LogP contribution < -0.4 is 10.6 Å². The Balaban J connectivity index is 2.04. The monoisotopic (exact) mass is 240 g/mol. The van der Waals surface area contributed by atoms with Crippen LogP contribution in [0.5, 0.6) is 0 Å². The van der Waals surface area contributed by atoms with Crippen molar-refractivity contribution >= 4 is 5.91 Å². The second-order valence-electron chi connectivity index (χ2n) is 5.87. The third-order valence-corrected chi connectivity index (χ3v) is 3.43. The van der Waals surface area contributed by atoms with Crippen molar-refractivity contribution in [1.29, 1.82) is 0 Å². The summed E-state index contributed by atoms with van der Waals surface area (Å²) in [4.78, 5) is 11.5.